The first-order valence-corrected chi connectivity index (χ1v) is 6.93. The highest BCUT2D eigenvalue weighted by Gasteiger charge is 2.18. The molecule has 0 saturated heterocycles. The average molecular weight is 293 g/mol. The van der Waals surface area contributed by atoms with Crippen molar-refractivity contribution in [1.29, 1.82) is 0 Å². The Morgan fingerprint density at radius 1 is 1.33 bits per heavy atom. The molecule has 0 aromatic heterocycles. The van der Waals surface area contributed by atoms with E-state index in [4.69, 9.17) is 10.2 Å². The summed E-state index contributed by atoms with van der Waals surface area (Å²) in [5, 5.41) is 17.7. The van der Waals surface area contributed by atoms with E-state index in [1.54, 1.807) is 0 Å². The molecule has 21 heavy (non-hydrogen) atoms. The molecule has 2 N–H and O–H groups in total. The first-order chi connectivity index (χ1) is 10.1. The second-order valence-corrected chi connectivity index (χ2v) is 4.52. The van der Waals surface area contributed by atoms with E-state index >= 15 is 0 Å². The summed E-state index contributed by atoms with van der Waals surface area (Å²) in [6.45, 7) is 2.18. The fourth-order valence-electron chi connectivity index (χ4n) is 1.86. The molecule has 0 heterocycles. The van der Waals surface area contributed by atoms with E-state index in [0.717, 1.165) is 12.8 Å². The van der Waals surface area contributed by atoms with Crippen LogP contribution in [-0.4, -0.2) is 47.3 Å². The quantitative estimate of drug-likeness (QED) is 0.780. The lowest BCUT2D eigenvalue weighted by molar-refractivity contribution is 0.0714. The van der Waals surface area contributed by atoms with Gasteiger partial charge >= 0.3 is 0 Å². The minimum absolute atomic E-state index is 0.0655. The molecular weight excluding hydrogens is 273 g/mol. The first-order valence-electron chi connectivity index (χ1n) is 6.93. The minimum Gasteiger partial charge on any atom is -0.395 e. The van der Waals surface area contributed by atoms with Crippen LogP contribution in [0.4, 0.5) is 4.39 Å². The van der Waals surface area contributed by atoms with E-state index in [0.29, 0.717) is 12.1 Å². The first kappa shape index (κ1) is 17.2. The number of benzene rings is 1. The zero-order valence-corrected chi connectivity index (χ0v) is 12.1. The Kier molecular flexibility index (Phi) is 7.44. The smallest absolute Gasteiger partial charge is 0.256 e. The standard InChI is InChI=1S/C16H20FNO3/c1-2-3-8-18(9-11-20)16(21)14-12-13(5-4-10-19)6-7-15(14)17/h6-7,12,19-20H,2-3,8-11H2,1H3. The maximum absolute atomic E-state index is 13.9. The summed E-state index contributed by atoms with van der Waals surface area (Å²) in [4.78, 5) is 13.8. The molecule has 0 unspecified atom stereocenters. The van der Waals surface area contributed by atoms with E-state index in [2.05, 4.69) is 11.8 Å². The van der Waals surface area contributed by atoms with Crippen LogP contribution in [0.15, 0.2) is 18.2 Å². The maximum atomic E-state index is 13.9. The number of aliphatic hydroxyl groups is 2. The summed E-state index contributed by atoms with van der Waals surface area (Å²) in [6, 6.07) is 4.01. The number of hydrogen-bond donors (Lipinski definition) is 2. The Bertz CT molecular complexity index is 534. The number of hydrogen-bond acceptors (Lipinski definition) is 3. The topological polar surface area (TPSA) is 60.8 Å². The molecule has 0 aliphatic heterocycles. The van der Waals surface area contributed by atoms with Gasteiger partial charge in [-0.3, -0.25) is 4.79 Å². The highest BCUT2D eigenvalue weighted by atomic mass is 19.1. The van der Waals surface area contributed by atoms with E-state index in [1.807, 2.05) is 6.92 Å². The van der Waals surface area contributed by atoms with Crippen LogP contribution in [0.3, 0.4) is 0 Å². The van der Waals surface area contributed by atoms with E-state index in [1.165, 1.54) is 23.1 Å². The van der Waals surface area contributed by atoms with Gasteiger partial charge in [0.1, 0.15) is 12.4 Å². The molecule has 1 aromatic carbocycles. The lowest BCUT2D eigenvalue weighted by Crippen LogP contribution is -2.35. The third kappa shape index (κ3) is 5.18. The molecule has 4 nitrogen and oxygen atoms in total. The van der Waals surface area contributed by atoms with Crippen LogP contribution in [0.2, 0.25) is 0 Å². The number of amides is 1. The molecule has 0 radical (unpaired) electrons. The van der Waals surface area contributed by atoms with Gasteiger partial charge in [0.15, 0.2) is 0 Å². The number of nitrogens with zero attached hydrogens (tertiary/aromatic N) is 1. The molecule has 0 fully saturated rings. The van der Waals surface area contributed by atoms with Crippen LogP contribution in [-0.2, 0) is 0 Å². The molecule has 1 aromatic rings. The fraction of sp³-hybridized carbons (Fsp3) is 0.438. The fourth-order valence-corrected chi connectivity index (χ4v) is 1.86. The van der Waals surface area contributed by atoms with Crippen LogP contribution in [0.5, 0.6) is 0 Å². The summed E-state index contributed by atoms with van der Waals surface area (Å²) < 4.78 is 13.9. The van der Waals surface area contributed by atoms with Crippen molar-refractivity contribution in [2.75, 3.05) is 26.3 Å². The number of unbranched alkanes of at least 4 members (excludes halogenated alkanes) is 1. The molecule has 0 aliphatic rings. The third-order valence-corrected chi connectivity index (χ3v) is 2.95. The van der Waals surface area contributed by atoms with Crippen molar-refractivity contribution < 1.29 is 19.4 Å². The zero-order valence-electron chi connectivity index (χ0n) is 12.1. The number of rotatable bonds is 6. The van der Waals surface area contributed by atoms with E-state index in [-0.39, 0.29) is 25.3 Å². The Labute approximate surface area is 124 Å². The zero-order chi connectivity index (χ0) is 15.7. The summed E-state index contributed by atoms with van der Waals surface area (Å²) in [5.74, 6) is 4.03. The van der Waals surface area contributed by atoms with Gasteiger partial charge in [-0.2, -0.15) is 0 Å². The largest absolute Gasteiger partial charge is 0.395 e. The van der Waals surface area contributed by atoms with Crippen molar-refractivity contribution in [3.05, 3.63) is 35.1 Å². The van der Waals surface area contributed by atoms with Crippen molar-refractivity contribution in [3.8, 4) is 11.8 Å². The van der Waals surface area contributed by atoms with Crippen LogP contribution in [0.1, 0.15) is 35.7 Å². The average Bonchev–Trinajstić information content (AvgIpc) is 2.50. The van der Waals surface area contributed by atoms with Gasteiger partial charge in [-0.05, 0) is 24.6 Å². The highest BCUT2D eigenvalue weighted by Crippen LogP contribution is 2.13. The van der Waals surface area contributed by atoms with Crippen LogP contribution in [0, 0.1) is 17.7 Å². The molecule has 1 rings (SSSR count). The predicted molar refractivity (Wildman–Crippen MR) is 78.3 cm³/mol. The third-order valence-electron chi connectivity index (χ3n) is 2.95. The SMILES string of the molecule is CCCCN(CCO)C(=O)c1cc(C#CCO)ccc1F. The van der Waals surface area contributed by atoms with Crippen LogP contribution in [0.25, 0.3) is 0 Å². The van der Waals surface area contributed by atoms with Gasteiger partial charge in [-0.15, -0.1) is 0 Å². The Hall–Kier alpha value is -1.90. The molecular formula is C16H20FNO3. The Morgan fingerprint density at radius 3 is 2.71 bits per heavy atom. The van der Waals surface area contributed by atoms with E-state index in [9.17, 15) is 9.18 Å². The molecule has 0 spiro atoms. The van der Waals surface area contributed by atoms with Gasteiger partial charge in [0.05, 0.1) is 12.2 Å². The minimum atomic E-state index is -0.617. The Balaban J connectivity index is 3.02. The molecule has 0 saturated carbocycles. The van der Waals surface area contributed by atoms with Gasteiger partial charge in [0, 0.05) is 18.7 Å². The number of carbonyl (C=O) groups is 1. The summed E-state index contributed by atoms with van der Waals surface area (Å²) >= 11 is 0. The van der Waals surface area contributed by atoms with Crippen LogP contribution < -0.4 is 0 Å². The highest BCUT2D eigenvalue weighted by molar-refractivity contribution is 5.94. The summed E-state index contributed by atoms with van der Waals surface area (Å²) in [5.41, 5.74) is 0.400. The van der Waals surface area contributed by atoms with Gasteiger partial charge in [0.2, 0.25) is 0 Å². The molecule has 0 atom stereocenters. The lowest BCUT2D eigenvalue weighted by Gasteiger charge is -2.22. The van der Waals surface area contributed by atoms with Crippen molar-refractivity contribution in [2.24, 2.45) is 0 Å². The second-order valence-electron chi connectivity index (χ2n) is 4.52. The molecule has 5 heteroatoms. The van der Waals surface area contributed by atoms with Gasteiger partial charge in [-0.1, -0.05) is 25.2 Å². The summed E-state index contributed by atoms with van der Waals surface area (Å²) in [6.07, 6.45) is 1.69. The number of aliphatic hydroxyl groups excluding tert-OH is 2. The predicted octanol–water partition coefficient (Wildman–Crippen LogP) is 1.40. The maximum Gasteiger partial charge on any atom is 0.256 e. The monoisotopic (exact) mass is 293 g/mol. The van der Waals surface area contributed by atoms with Crippen molar-refractivity contribution in [2.45, 2.75) is 19.8 Å². The van der Waals surface area contributed by atoms with Crippen molar-refractivity contribution in [1.82, 2.24) is 4.90 Å². The Morgan fingerprint density at radius 2 is 2.10 bits per heavy atom. The van der Waals surface area contributed by atoms with Gasteiger partial charge in [0.25, 0.3) is 5.91 Å². The molecule has 1 amide bonds. The number of carbonyl (C=O) groups excluding carboxylic acids is 1. The van der Waals surface area contributed by atoms with Gasteiger partial charge < -0.3 is 15.1 Å². The summed E-state index contributed by atoms with van der Waals surface area (Å²) in [7, 11) is 0. The normalized spacial score (nSPS) is 9.90. The molecule has 0 bridgehead atoms. The molecule has 114 valence electrons. The second kappa shape index (κ2) is 9.11. The van der Waals surface area contributed by atoms with Crippen molar-refractivity contribution in [3.63, 3.8) is 0 Å². The van der Waals surface area contributed by atoms with Crippen molar-refractivity contribution >= 4 is 5.91 Å². The lowest BCUT2D eigenvalue weighted by atomic mass is 10.1. The molecule has 0 aliphatic carbocycles. The van der Waals surface area contributed by atoms with E-state index < -0.39 is 11.7 Å². The number of halogens is 1. The van der Waals surface area contributed by atoms with Crippen LogP contribution >= 0.6 is 0 Å². The van der Waals surface area contributed by atoms with Gasteiger partial charge in [-0.25, -0.2) is 4.39 Å².